The van der Waals surface area contributed by atoms with Crippen molar-refractivity contribution in [3.8, 4) is 0 Å². The lowest BCUT2D eigenvalue weighted by atomic mass is 10.0. The summed E-state index contributed by atoms with van der Waals surface area (Å²) in [5.74, 6) is 0.257. The molecule has 96 valence electrons. The molecule has 3 nitrogen and oxygen atoms in total. The van der Waals surface area contributed by atoms with Crippen molar-refractivity contribution < 1.29 is 4.79 Å². The Morgan fingerprint density at radius 3 is 2.94 bits per heavy atom. The van der Waals surface area contributed by atoms with Gasteiger partial charge in [0.15, 0.2) is 0 Å². The Hall–Kier alpha value is -1.35. The van der Waals surface area contributed by atoms with E-state index in [0.29, 0.717) is 6.04 Å². The Bertz CT molecular complexity index is 452. The van der Waals surface area contributed by atoms with Gasteiger partial charge < -0.3 is 10.2 Å². The summed E-state index contributed by atoms with van der Waals surface area (Å²) in [6.45, 7) is 3.11. The number of piperidine rings is 1. The third-order valence-electron chi connectivity index (χ3n) is 4.05. The van der Waals surface area contributed by atoms with Gasteiger partial charge in [0, 0.05) is 11.7 Å². The fourth-order valence-electron chi connectivity index (χ4n) is 3.13. The molecule has 0 aliphatic carbocycles. The predicted octanol–water partition coefficient (Wildman–Crippen LogP) is 2.11. The summed E-state index contributed by atoms with van der Waals surface area (Å²) >= 11 is 0. The van der Waals surface area contributed by atoms with Gasteiger partial charge in [-0.05, 0) is 44.4 Å². The molecule has 1 aromatic carbocycles. The minimum Gasteiger partial charge on any atom is -0.308 e. The summed E-state index contributed by atoms with van der Waals surface area (Å²) < 4.78 is 0. The van der Waals surface area contributed by atoms with Gasteiger partial charge in [-0.25, -0.2) is 0 Å². The van der Waals surface area contributed by atoms with Crippen molar-refractivity contribution >= 4 is 11.6 Å². The molecule has 0 saturated carbocycles. The third-order valence-corrected chi connectivity index (χ3v) is 4.05. The first-order chi connectivity index (χ1) is 8.77. The van der Waals surface area contributed by atoms with Gasteiger partial charge in [0.2, 0.25) is 5.91 Å². The number of carbonyl (C=O) groups excluding carboxylic acids is 1. The summed E-state index contributed by atoms with van der Waals surface area (Å²) in [7, 11) is 0. The Kier molecular flexibility index (Phi) is 3.08. The first-order valence-corrected chi connectivity index (χ1v) is 6.92. The van der Waals surface area contributed by atoms with Crippen molar-refractivity contribution in [3.63, 3.8) is 0 Å². The molecule has 1 fully saturated rings. The van der Waals surface area contributed by atoms with E-state index >= 15 is 0 Å². The van der Waals surface area contributed by atoms with Crippen LogP contribution in [0.4, 0.5) is 5.69 Å². The molecule has 0 bridgehead atoms. The number of anilines is 1. The average Bonchev–Trinajstić information content (AvgIpc) is 2.75. The number of nitrogens with one attached hydrogen (secondary N) is 1. The fourth-order valence-corrected chi connectivity index (χ4v) is 3.13. The maximum Gasteiger partial charge on any atom is 0.244 e. The fraction of sp³-hybridized carbons (Fsp3) is 0.533. The maximum absolute atomic E-state index is 12.6. The maximum atomic E-state index is 12.6. The molecule has 0 spiro atoms. The summed E-state index contributed by atoms with van der Waals surface area (Å²) in [6, 6.07) is 8.59. The van der Waals surface area contributed by atoms with Crippen LogP contribution in [0.15, 0.2) is 24.3 Å². The van der Waals surface area contributed by atoms with Crippen LogP contribution in [0.1, 0.15) is 31.7 Å². The third kappa shape index (κ3) is 1.93. The second-order valence-electron chi connectivity index (χ2n) is 5.39. The van der Waals surface area contributed by atoms with E-state index in [4.69, 9.17) is 0 Å². The highest BCUT2D eigenvalue weighted by Gasteiger charge is 2.34. The van der Waals surface area contributed by atoms with E-state index in [1.54, 1.807) is 0 Å². The second-order valence-corrected chi connectivity index (χ2v) is 5.39. The van der Waals surface area contributed by atoms with Crippen LogP contribution in [-0.2, 0) is 11.2 Å². The molecule has 1 N–H and O–H groups in total. The largest absolute Gasteiger partial charge is 0.308 e. The number of carbonyl (C=O) groups is 1. The summed E-state index contributed by atoms with van der Waals surface area (Å²) in [4.78, 5) is 14.6. The SMILES string of the molecule is CC1Cc2ccccc2N1C(=O)[C@@H]1CCCCN1. The van der Waals surface area contributed by atoms with Crippen LogP contribution in [0.5, 0.6) is 0 Å². The van der Waals surface area contributed by atoms with Crippen LogP contribution in [0.3, 0.4) is 0 Å². The quantitative estimate of drug-likeness (QED) is 0.820. The Balaban J connectivity index is 1.85. The molecule has 0 radical (unpaired) electrons. The Labute approximate surface area is 108 Å². The zero-order chi connectivity index (χ0) is 12.5. The molecule has 1 aromatic rings. The smallest absolute Gasteiger partial charge is 0.244 e. The monoisotopic (exact) mass is 244 g/mol. The average molecular weight is 244 g/mol. The molecule has 3 rings (SSSR count). The van der Waals surface area contributed by atoms with E-state index in [1.807, 2.05) is 11.0 Å². The van der Waals surface area contributed by atoms with Crippen molar-refractivity contribution in [1.82, 2.24) is 5.32 Å². The number of amides is 1. The number of rotatable bonds is 1. The normalized spacial score (nSPS) is 27.1. The number of nitrogens with zero attached hydrogens (tertiary/aromatic N) is 1. The number of hydrogen-bond donors (Lipinski definition) is 1. The standard InChI is InChI=1S/C15H20N2O/c1-11-10-12-6-2-3-8-14(12)17(11)15(18)13-7-4-5-9-16-13/h2-3,6,8,11,13,16H,4-5,7,9-10H2,1H3/t11?,13-/m0/s1. The molecule has 2 aliphatic heterocycles. The zero-order valence-electron chi connectivity index (χ0n) is 10.9. The first kappa shape index (κ1) is 11.7. The summed E-state index contributed by atoms with van der Waals surface area (Å²) in [6.07, 6.45) is 4.31. The molecule has 2 heterocycles. The number of hydrogen-bond acceptors (Lipinski definition) is 2. The zero-order valence-corrected chi connectivity index (χ0v) is 10.9. The molecule has 3 heteroatoms. The molecular formula is C15H20N2O. The van der Waals surface area contributed by atoms with E-state index in [1.165, 1.54) is 12.0 Å². The van der Waals surface area contributed by atoms with Gasteiger partial charge in [-0.3, -0.25) is 4.79 Å². The van der Waals surface area contributed by atoms with Gasteiger partial charge in [-0.1, -0.05) is 24.6 Å². The first-order valence-electron chi connectivity index (χ1n) is 6.92. The highest BCUT2D eigenvalue weighted by atomic mass is 16.2. The molecular weight excluding hydrogens is 224 g/mol. The van der Waals surface area contributed by atoms with E-state index in [2.05, 4.69) is 30.4 Å². The second kappa shape index (κ2) is 4.73. The highest BCUT2D eigenvalue weighted by molar-refractivity contribution is 5.99. The van der Waals surface area contributed by atoms with Crippen molar-refractivity contribution in [2.45, 2.75) is 44.7 Å². The van der Waals surface area contributed by atoms with Gasteiger partial charge in [-0.15, -0.1) is 0 Å². The van der Waals surface area contributed by atoms with Crippen molar-refractivity contribution in [2.75, 3.05) is 11.4 Å². The molecule has 1 unspecified atom stereocenters. The van der Waals surface area contributed by atoms with Gasteiger partial charge in [0.25, 0.3) is 0 Å². The molecule has 2 atom stereocenters. The predicted molar refractivity (Wildman–Crippen MR) is 72.7 cm³/mol. The van der Waals surface area contributed by atoms with Crippen molar-refractivity contribution in [3.05, 3.63) is 29.8 Å². The minimum absolute atomic E-state index is 0.0207. The minimum atomic E-state index is 0.0207. The Morgan fingerprint density at radius 2 is 2.17 bits per heavy atom. The van der Waals surface area contributed by atoms with Crippen LogP contribution in [0.2, 0.25) is 0 Å². The topological polar surface area (TPSA) is 32.3 Å². The van der Waals surface area contributed by atoms with Crippen LogP contribution < -0.4 is 10.2 Å². The summed E-state index contributed by atoms with van der Waals surface area (Å²) in [5, 5.41) is 3.36. The molecule has 1 amide bonds. The van der Waals surface area contributed by atoms with Crippen LogP contribution in [-0.4, -0.2) is 24.5 Å². The van der Waals surface area contributed by atoms with Crippen LogP contribution in [0.25, 0.3) is 0 Å². The number of para-hydroxylation sites is 1. The van der Waals surface area contributed by atoms with E-state index in [0.717, 1.165) is 31.5 Å². The number of benzene rings is 1. The van der Waals surface area contributed by atoms with Gasteiger partial charge >= 0.3 is 0 Å². The lowest BCUT2D eigenvalue weighted by Crippen LogP contribution is -2.50. The number of fused-ring (bicyclic) bond motifs is 1. The Morgan fingerprint density at radius 1 is 1.33 bits per heavy atom. The lowest BCUT2D eigenvalue weighted by Gasteiger charge is -2.30. The van der Waals surface area contributed by atoms with Gasteiger partial charge in [-0.2, -0.15) is 0 Å². The van der Waals surface area contributed by atoms with Crippen LogP contribution >= 0.6 is 0 Å². The van der Waals surface area contributed by atoms with Crippen LogP contribution in [0, 0.1) is 0 Å². The lowest BCUT2D eigenvalue weighted by molar-refractivity contribution is -0.121. The molecule has 0 aromatic heterocycles. The van der Waals surface area contributed by atoms with E-state index < -0.39 is 0 Å². The molecule has 2 aliphatic rings. The van der Waals surface area contributed by atoms with E-state index in [9.17, 15) is 4.79 Å². The molecule has 18 heavy (non-hydrogen) atoms. The van der Waals surface area contributed by atoms with Crippen molar-refractivity contribution in [1.29, 1.82) is 0 Å². The summed E-state index contributed by atoms with van der Waals surface area (Å²) in [5.41, 5.74) is 2.41. The van der Waals surface area contributed by atoms with E-state index in [-0.39, 0.29) is 11.9 Å². The highest BCUT2D eigenvalue weighted by Crippen LogP contribution is 2.32. The molecule has 1 saturated heterocycles. The van der Waals surface area contributed by atoms with Crippen molar-refractivity contribution in [2.24, 2.45) is 0 Å². The van der Waals surface area contributed by atoms with Gasteiger partial charge in [0.1, 0.15) is 0 Å². The van der Waals surface area contributed by atoms with Gasteiger partial charge in [0.05, 0.1) is 6.04 Å².